The van der Waals surface area contributed by atoms with Crippen molar-refractivity contribution in [3.8, 4) is 0 Å². The van der Waals surface area contributed by atoms with Crippen LogP contribution in [0.4, 0.5) is 10.1 Å². The van der Waals surface area contributed by atoms with Crippen molar-refractivity contribution in [2.75, 3.05) is 18.1 Å². The molecular weight excluding hydrogens is 275 g/mol. The van der Waals surface area contributed by atoms with Crippen molar-refractivity contribution in [1.29, 1.82) is 0 Å². The highest BCUT2D eigenvalue weighted by Gasteiger charge is 2.23. The average Bonchev–Trinajstić information content (AvgIpc) is 2.46. The number of nitrogens with zero attached hydrogens (tertiary/aromatic N) is 1. The van der Waals surface area contributed by atoms with Gasteiger partial charge in [0.15, 0.2) is 0 Å². The van der Waals surface area contributed by atoms with E-state index in [1.54, 1.807) is 12.1 Å². The first kappa shape index (κ1) is 15.2. The maximum atomic E-state index is 14.3. The summed E-state index contributed by atoms with van der Waals surface area (Å²) in [6.45, 7) is 0.473. The zero-order chi connectivity index (χ0) is 14.5. The zero-order valence-electron chi connectivity index (χ0n) is 11.5. The molecule has 1 fully saturated rings. The van der Waals surface area contributed by atoms with Crippen molar-refractivity contribution in [1.82, 2.24) is 0 Å². The van der Waals surface area contributed by atoms with Crippen LogP contribution >= 0.6 is 12.2 Å². The first-order valence-corrected chi connectivity index (χ1v) is 7.51. The maximum absolute atomic E-state index is 14.3. The number of rotatable bonds is 5. The van der Waals surface area contributed by atoms with Crippen LogP contribution in [0, 0.1) is 5.82 Å². The number of halogens is 1. The summed E-state index contributed by atoms with van der Waals surface area (Å²) >= 11 is 4.86. The molecule has 1 aliphatic rings. The Balaban J connectivity index is 2.26. The van der Waals surface area contributed by atoms with E-state index < -0.39 is 0 Å². The van der Waals surface area contributed by atoms with E-state index in [4.69, 9.17) is 18.0 Å². The standard InChI is InChI=1S/C15H21FN2OS/c16-13-10-11(15(17)20)6-7-14(13)18(8-9-19)12-4-2-1-3-5-12/h6-7,10,12,19H,1-5,8-9H2,(H2,17,20). The molecule has 0 aromatic heterocycles. The van der Waals surface area contributed by atoms with Crippen molar-refractivity contribution >= 4 is 22.9 Å². The fourth-order valence-corrected chi connectivity index (χ4v) is 3.02. The summed E-state index contributed by atoms with van der Waals surface area (Å²) in [7, 11) is 0. The molecule has 1 aromatic carbocycles. The highest BCUT2D eigenvalue weighted by molar-refractivity contribution is 7.80. The van der Waals surface area contributed by atoms with Gasteiger partial charge in [0.1, 0.15) is 10.8 Å². The molecule has 110 valence electrons. The van der Waals surface area contributed by atoms with Crippen LogP contribution in [0.3, 0.4) is 0 Å². The number of aliphatic hydroxyl groups excluding tert-OH is 1. The van der Waals surface area contributed by atoms with Gasteiger partial charge in [0.25, 0.3) is 0 Å². The predicted octanol–water partition coefficient (Wildman–Crippen LogP) is 2.59. The summed E-state index contributed by atoms with van der Waals surface area (Å²) in [5.41, 5.74) is 6.59. The summed E-state index contributed by atoms with van der Waals surface area (Å²) in [4.78, 5) is 2.18. The number of anilines is 1. The number of benzene rings is 1. The van der Waals surface area contributed by atoms with E-state index in [1.807, 2.05) is 4.90 Å². The van der Waals surface area contributed by atoms with Gasteiger partial charge in [0.05, 0.1) is 12.3 Å². The number of hydrogen-bond donors (Lipinski definition) is 2. The fraction of sp³-hybridized carbons (Fsp3) is 0.533. The van der Waals surface area contributed by atoms with Gasteiger partial charge < -0.3 is 15.7 Å². The SMILES string of the molecule is NC(=S)c1ccc(N(CCO)C2CCCCC2)c(F)c1. The molecule has 0 radical (unpaired) electrons. The largest absolute Gasteiger partial charge is 0.395 e. The molecule has 3 nitrogen and oxygen atoms in total. The summed E-state index contributed by atoms with van der Waals surface area (Å²) in [5.74, 6) is -0.325. The lowest BCUT2D eigenvalue weighted by atomic mass is 9.93. The second-order valence-corrected chi connectivity index (χ2v) is 5.68. The van der Waals surface area contributed by atoms with Gasteiger partial charge in [0.2, 0.25) is 0 Å². The molecule has 2 rings (SSSR count). The molecule has 0 amide bonds. The van der Waals surface area contributed by atoms with E-state index in [0.29, 0.717) is 23.8 Å². The highest BCUT2D eigenvalue weighted by atomic mass is 32.1. The highest BCUT2D eigenvalue weighted by Crippen LogP contribution is 2.29. The van der Waals surface area contributed by atoms with Gasteiger partial charge in [-0.3, -0.25) is 0 Å². The van der Waals surface area contributed by atoms with Gasteiger partial charge in [-0.2, -0.15) is 0 Å². The summed E-state index contributed by atoms with van der Waals surface area (Å²) in [6, 6.07) is 5.15. The first-order valence-electron chi connectivity index (χ1n) is 7.10. The van der Waals surface area contributed by atoms with Crippen LogP contribution in [0.1, 0.15) is 37.7 Å². The third-order valence-corrected chi connectivity index (χ3v) is 4.13. The van der Waals surface area contributed by atoms with Gasteiger partial charge in [-0.1, -0.05) is 31.5 Å². The lowest BCUT2D eigenvalue weighted by molar-refractivity contribution is 0.289. The Kier molecular flexibility index (Phi) is 5.31. The molecule has 0 heterocycles. The smallest absolute Gasteiger partial charge is 0.147 e. The molecule has 0 atom stereocenters. The Morgan fingerprint density at radius 2 is 2.05 bits per heavy atom. The average molecular weight is 296 g/mol. The lowest BCUT2D eigenvalue weighted by Crippen LogP contribution is -2.39. The van der Waals surface area contributed by atoms with Crippen molar-refractivity contribution < 1.29 is 9.50 Å². The zero-order valence-corrected chi connectivity index (χ0v) is 12.3. The Morgan fingerprint density at radius 3 is 2.60 bits per heavy atom. The second-order valence-electron chi connectivity index (χ2n) is 5.24. The second kappa shape index (κ2) is 6.99. The topological polar surface area (TPSA) is 49.5 Å². The van der Waals surface area contributed by atoms with Crippen LogP contribution in [-0.2, 0) is 0 Å². The molecule has 1 aliphatic carbocycles. The molecule has 0 aliphatic heterocycles. The van der Waals surface area contributed by atoms with Gasteiger partial charge in [-0.25, -0.2) is 4.39 Å². The van der Waals surface area contributed by atoms with Crippen LogP contribution in [-0.4, -0.2) is 29.3 Å². The van der Waals surface area contributed by atoms with E-state index in [1.165, 1.54) is 25.3 Å². The van der Waals surface area contributed by atoms with Crippen LogP contribution in [0.25, 0.3) is 0 Å². The molecule has 5 heteroatoms. The molecular formula is C15H21FN2OS. The Bertz CT molecular complexity index is 475. The molecule has 0 unspecified atom stereocenters. The maximum Gasteiger partial charge on any atom is 0.147 e. The van der Waals surface area contributed by atoms with Gasteiger partial charge >= 0.3 is 0 Å². The molecule has 3 N–H and O–H groups in total. The predicted molar refractivity (Wildman–Crippen MR) is 83.6 cm³/mol. The minimum atomic E-state index is -0.325. The fourth-order valence-electron chi connectivity index (χ4n) is 2.89. The van der Waals surface area contributed by atoms with Crippen molar-refractivity contribution in [3.05, 3.63) is 29.6 Å². The quantitative estimate of drug-likeness (QED) is 0.820. The molecule has 0 bridgehead atoms. The minimum absolute atomic E-state index is 0.0208. The van der Waals surface area contributed by atoms with Crippen molar-refractivity contribution in [2.24, 2.45) is 5.73 Å². The third-order valence-electron chi connectivity index (χ3n) is 3.90. The number of nitrogens with two attached hydrogens (primary N) is 1. The molecule has 20 heavy (non-hydrogen) atoms. The Labute approximate surface area is 124 Å². The third kappa shape index (κ3) is 3.46. The normalized spacial score (nSPS) is 16.1. The summed E-state index contributed by atoms with van der Waals surface area (Å²) < 4.78 is 14.3. The van der Waals surface area contributed by atoms with E-state index in [9.17, 15) is 9.50 Å². The molecule has 0 saturated heterocycles. The van der Waals surface area contributed by atoms with Crippen molar-refractivity contribution in [2.45, 2.75) is 38.1 Å². The Morgan fingerprint density at radius 1 is 1.35 bits per heavy atom. The number of thiocarbonyl (C=S) groups is 1. The lowest BCUT2D eigenvalue weighted by Gasteiger charge is -2.36. The van der Waals surface area contributed by atoms with Crippen molar-refractivity contribution in [3.63, 3.8) is 0 Å². The van der Waals surface area contributed by atoms with Gasteiger partial charge in [0, 0.05) is 18.2 Å². The van der Waals surface area contributed by atoms with Gasteiger partial charge in [-0.05, 0) is 31.0 Å². The molecule has 1 aromatic rings. The van der Waals surface area contributed by atoms with E-state index in [-0.39, 0.29) is 17.4 Å². The Hall–Kier alpha value is -1.20. The van der Waals surface area contributed by atoms with E-state index in [2.05, 4.69) is 0 Å². The first-order chi connectivity index (χ1) is 9.63. The van der Waals surface area contributed by atoms with Crippen LogP contribution < -0.4 is 10.6 Å². The molecule has 0 spiro atoms. The summed E-state index contributed by atoms with van der Waals surface area (Å²) in [5, 5.41) is 9.26. The van der Waals surface area contributed by atoms with Crippen LogP contribution in [0.2, 0.25) is 0 Å². The van der Waals surface area contributed by atoms with Crippen LogP contribution in [0.15, 0.2) is 18.2 Å². The van der Waals surface area contributed by atoms with E-state index in [0.717, 1.165) is 12.8 Å². The number of hydrogen-bond acceptors (Lipinski definition) is 3. The minimum Gasteiger partial charge on any atom is -0.395 e. The monoisotopic (exact) mass is 296 g/mol. The summed E-state index contributed by atoms with van der Waals surface area (Å²) in [6.07, 6.45) is 5.68. The number of aliphatic hydroxyl groups is 1. The van der Waals surface area contributed by atoms with Crippen LogP contribution in [0.5, 0.6) is 0 Å². The van der Waals surface area contributed by atoms with Gasteiger partial charge in [-0.15, -0.1) is 0 Å². The van der Waals surface area contributed by atoms with E-state index >= 15 is 0 Å². The molecule has 1 saturated carbocycles.